The number of ether oxygens (including phenoxy) is 3. The average molecular weight is 630 g/mol. The second kappa shape index (κ2) is 14.1. The normalized spacial score (nSPS) is 12.6. The van der Waals surface area contributed by atoms with Gasteiger partial charge < -0.3 is 19.5 Å². The van der Waals surface area contributed by atoms with Gasteiger partial charge in [0.2, 0.25) is 0 Å². The fourth-order valence-corrected chi connectivity index (χ4v) is 6.21. The zero-order chi connectivity index (χ0) is 34.7. The fraction of sp³-hybridized carbons (Fsp3) is 0.537. The lowest BCUT2D eigenvalue weighted by atomic mass is 9.76. The van der Waals surface area contributed by atoms with E-state index < -0.39 is 11.7 Å². The zero-order valence-electron chi connectivity index (χ0n) is 31.1. The third kappa shape index (κ3) is 10.3. The third-order valence-electron chi connectivity index (χ3n) is 8.02. The molecule has 0 unspecified atom stereocenters. The van der Waals surface area contributed by atoms with Gasteiger partial charge in [-0.3, -0.25) is 0 Å². The number of hydrogen-bond acceptors (Lipinski definition) is 4. The van der Waals surface area contributed by atoms with Gasteiger partial charge in [0.05, 0.1) is 13.7 Å². The summed E-state index contributed by atoms with van der Waals surface area (Å²) in [7, 11) is 1.69. The Hall–Kier alpha value is -3.47. The highest BCUT2D eigenvalue weighted by Crippen LogP contribution is 2.37. The fourth-order valence-electron chi connectivity index (χ4n) is 6.21. The molecule has 3 aromatic rings. The number of alkyl carbamates (subject to hydrolysis) is 1. The van der Waals surface area contributed by atoms with Crippen molar-refractivity contribution in [2.45, 2.75) is 131 Å². The van der Waals surface area contributed by atoms with Gasteiger partial charge in [0.1, 0.15) is 17.1 Å². The van der Waals surface area contributed by atoms with Crippen molar-refractivity contribution in [3.8, 4) is 11.5 Å². The summed E-state index contributed by atoms with van der Waals surface area (Å²) in [6, 6.07) is 17.4. The van der Waals surface area contributed by atoms with Gasteiger partial charge >= 0.3 is 6.09 Å². The number of nitrogens with one attached hydrogen (secondary N) is 1. The molecule has 0 spiro atoms. The Balaban J connectivity index is 1.98. The average Bonchev–Trinajstić information content (AvgIpc) is 2.88. The number of aryl methyl sites for hydroxylation is 1. The van der Waals surface area contributed by atoms with Crippen molar-refractivity contribution in [3.05, 3.63) is 93.0 Å². The Kier molecular flexibility index (Phi) is 11.3. The monoisotopic (exact) mass is 629 g/mol. The lowest BCUT2D eigenvalue weighted by molar-refractivity contribution is 0.0523. The SMILES string of the molecule is COc1ccc(C(C)(C)C)c(OCCc2cc(C)cc(Cc3cc(CNC(=O)OC(C)(C)C)ccc3C(C)(C)C)c2C(C)(C)C)c1. The van der Waals surface area contributed by atoms with E-state index in [2.05, 4.69) is 111 Å². The molecular weight excluding hydrogens is 570 g/mol. The van der Waals surface area contributed by atoms with E-state index in [1.165, 1.54) is 38.9 Å². The molecule has 0 radical (unpaired) electrons. The highest BCUT2D eigenvalue weighted by Gasteiger charge is 2.26. The molecule has 0 aromatic heterocycles. The second-order valence-corrected chi connectivity index (χ2v) is 16.7. The molecule has 0 saturated carbocycles. The van der Waals surface area contributed by atoms with Crippen LogP contribution >= 0.6 is 0 Å². The molecule has 0 fully saturated rings. The number of carbonyl (C=O) groups is 1. The van der Waals surface area contributed by atoms with Gasteiger partial charge in [-0.25, -0.2) is 4.79 Å². The van der Waals surface area contributed by atoms with E-state index >= 15 is 0 Å². The molecule has 252 valence electrons. The van der Waals surface area contributed by atoms with Crippen molar-refractivity contribution in [1.82, 2.24) is 5.32 Å². The van der Waals surface area contributed by atoms with Crippen LogP contribution in [0.4, 0.5) is 4.79 Å². The van der Waals surface area contributed by atoms with Crippen LogP contribution in [0.25, 0.3) is 0 Å². The quantitative estimate of drug-likeness (QED) is 0.256. The first kappa shape index (κ1) is 37.0. The lowest BCUT2D eigenvalue weighted by Crippen LogP contribution is -2.32. The van der Waals surface area contributed by atoms with E-state index in [1.54, 1.807) is 7.11 Å². The van der Waals surface area contributed by atoms with Gasteiger partial charge in [0.25, 0.3) is 0 Å². The van der Waals surface area contributed by atoms with Gasteiger partial charge in [-0.15, -0.1) is 0 Å². The lowest BCUT2D eigenvalue weighted by Gasteiger charge is -2.29. The Labute approximate surface area is 279 Å². The first-order chi connectivity index (χ1) is 21.1. The van der Waals surface area contributed by atoms with Crippen molar-refractivity contribution in [3.63, 3.8) is 0 Å². The number of methoxy groups -OCH3 is 1. The maximum atomic E-state index is 12.4. The molecule has 46 heavy (non-hydrogen) atoms. The molecule has 0 aliphatic rings. The van der Waals surface area contributed by atoms with E-state index in [0.29, 0.717) is 13.2 Å². The molecule has 0 bridgehead atoms. The minimum atomic E-state index is -0.536. The van der Waals surface area contributed by atoms with Crippen molar-refractivity contribution in [2.75, 3.05) is 13.7 Å². The van der Waals surface area contributed by atoms with Crippen molar-refractivity contribution >= 4 is 6.09 Å². The minimum Gasteiger partial charge on any atom is -0.497 e. The molecule has 3 rings (SSSR count). The highest BCUT2D eigenvalue weighted by atomic mass is 16.6. The van der Waals surface area contributed by atoms with Gasteiger partial charge in [0, 0.05) is 19.0 Å². The summed E-state index contributed by atoms with van der Waals surface area (Å²) >= 11 is 0. The summed E-state index contributed by atoms with van der Waals surface area (Å²) < 4.78 is 17.5. The topological polar surface area (TPSA) is 56.8 Å². The second-order valence-electron chi connectivity index (χ2n) is 16.7. The summed E-state index contributed by atoms with van der Waals surface area (Å²) in [5.74, 6) is 1.68. The van der Waals surface area contributed by atoms with E-state index in [4.69, 9.17) is 14.2 Å². The molecule has 0 heterocycles. The van der Waals surface area contributed by atoms with Crippen LogP contribution in [0.2, 0.25) is 0 Å². The molecular formula is C41H59NO4. The Morgan fingerprint density at radius 1 is 0.717 bits per heavy atom. The van der Waals surface area contributed by atoms with E-state index in [-0.39, 0.29) is 16.2 Å². The van der Waals surface area contributed by atoms with Crippen LogP contribution in [0.1, 0.15) is 128 Å². The molecule has 5 heteroatoms. The molecule has 0 atom stereocenters. The Morgan fingerprint density at radius 3 is 1.89 bits per heavy atom. The number of hydrogen-bond donors (Lipinski definition) is 1. The van der Waals surface area contributed by atoms with Crippen molar-refractivity contribution in [1.29, 1.82) is 0 Å². The van der Waals surface area contributed by atoms with Crippen LogP contribution in [-0.4, -0.2) is 25.4 Å². The van der Waals surface area contributed by atoms with Gasteiger partial charge in [-0.05, 0) is 95.4 Å². The van der Waals surface area contributed by atoms with Crippen LogP contribution < -0.4 is 14.8 Å². The Morgan fingerprint density at radius 2 is 1.33 bits per heavy atom. The van der Waals surface area contributed by atoms with E-state index in [9.17, 15) is 4.79 Å². The van der Waals surface area contributed by atoms with Gasteiger partial charge in [-0.2, -0.15) is 0 Å². The van der Waals surface area contributed by atoms with Crippen molar-refractivity contribution in [2.24, 2.45) is 0 Å². The number of amides is 1. The summed E-state index contributed by atoms with van der Waals surface area (Å²) in [4.78, 5) is 12.4. The molecule has 0 aliphatic heterocycles. The summed E-state index contributed by atoms with van der Waals surface area (Å²) in [6.07, 6.45) is 1.20. The number of benzene rings is 3. The van der Waals surface area contributed by atoms with Gasteiger partial charge in [-0.1, -0.05) is 104 Å². The number of carbonyl (C=O) groups excluding carboxylic acids is 1. The van der Waals surface area contributed by atoms with E-state index in [0.717, 1.165) is 29.9 Å². The van der Waals surface area contributed by atoms with Crippen LogP contribution in [0.5, 0.6) is 11.5 Å². The highest BCUT2D eigenvalue weighted by molar-refractivity contribution is 5.67. The summed E-state index contributed by atoms with van der Waals surface area (Å²) in [5.41, 5.74) is 9.42. The number of rotatable bonds is 9. The molecule has 0 saturated heterocycles. The maximum absolute atomic E-state index is 12.4. The third-order valence-corrected chi connectivity index (χ3v) is 8.02. The first-order valence-corrected chi connectivity index (χ1v) is 16.6. The molecule has 1 amide bonds. The minimum absolute atomic E-state index is 0.0314. The van der Waals surface area contributed by atoms with Crippen LogP contribution in [0.3, 0.4) is 0 Å². The van der Waals surface area contributed by atoms with Crippen LogP contribution in [-0.2, 0) is 40.4 Å². The molecule has 3 aromatic carbocycles. The predicted molar refractivity (Wildman–Crippen MR) is 192 cm³/mol. The van der Waals surface area contributed by atoms with Crippen molar-refractivity contribution < 1.29 is 19.0 Å². The Bertz CT molecular complexity index is 1510. The maximum Gasteiger partial charge on any atom is 0.407 e. The largest absolute Gasteiger partial charge is 0.497 e. The van der Waals surface area contributed by atoms with Crippen LogP contribution in [0.15, 0.2) is 48.5 Å². The molecule has 5 nitrogen and oxygen atoms in total. The molecule has 0 aliphatic carbocycles. The summed E-state index contributed by atoms with van der Waals surface area (Å²) in [6.45, 7) is 29.1. The summed E-state index contributed by atoms with van der Waals surface area (Å²) in [5, 5.41) is 2.93. The zero-order valence-corrected chi connectivity index (χ0v) is 31.1. The molecule has 1 N–H and O–H groups in total. The van der Waals surface area contributed by atoms with Gasteiger partial charge in [0.15, 0.2) is 0 Å². The first-order valence-electron chi connectivity index (χ1n) is 16.6. The van der Waals surface area contributed by atoms with E-state index in [1.807, 2.05) is 32.9 Å². The standard InChI is InChI=1S/C41H59NO4/c1-27-21-29(19-20-45-35-25-32(44-14)16-18-34(35)39(5,6)7)36(40(8,9)10)31(22-27)24-30-23-28(15-17-33(30)38(2,3)4)26-42-37(43)46-41(11,12)13/h15-18,21-23,25H,19-20,24,26H2,1-14H3,(H,42,43). The van der Waals surface area contributed by atoms with Crippen LogP contribution in [0, 0.1) is 6.92 Å². The smallest absolute Gasteiger partial charge is 0.407 e. The predicted octanol–water partition coefficient (Wildman–Crippen LogP) is 10.1.